The van der Waals surface area contributed by atoms with Crippen molar-refractivity contribution in [2.45, 2.75) is 25.7 Å². The molecule has 0 spiro atoms. The molecule has 0 unspecified atom stereocenters. The fraction of sp³-hybridized carbons (Fsp3) is 0.200. The Balaban J connectivity index is 1.64. The lowest BCUT2D eigenvalue weighted by molar-refractivity contribution is -0.119. The van der Waals surface area contributed by atoms with Crippen LogP contribution < -0.4 is 11.1 Å². The van der Waals surface area contributed by atoms with Crippen LogP contribution in [0, 0.1) is 17.5 Å². The summed E-state index contributed by atoms with van der Waals surface area (Å²) in [7, 11) is 0. The van der Waals surface area contributed by atoms with E-state index in [0.717, 1.165) is 12.1 Å². The summed E-state index contributed by atoms with van der Waals surface area (Å²) in [5, 5.41) is 8.91. The van der Waals surface area contributed by atoms with E-state index in [1.54, 1.807) is 25.3 Å². The van der Waals surface area contributed by atoms with Gasteiger partial charge in [-0.05, 0) is 37.4 Å². The van der Waals surface area contributed by atoms with Gasteiger partial charge < -0.3 is 11.1 Å². The Morgan fingerprint density at radius 1 is 1.16 bits per heavy atom. The maximum absolute atomic E-state index is 14.2. The van der Waals surface area contributed by atoms with E-state index >= 15 is 0 Å². The number of anilines is 2. The van der Waals surface area contributed by atoms with E-state index in [9.17, 15) is 18.0 Å². The third kappa shape index (κ3) is 2.80. The molecule has 1 aliphatic heterocycles. The molecule has 0 fully saturated rings. The zero-order valence-electron chi connectivity index (χ0n) is 16.3. The Hall–Kier alpha value is -3.47. The lowest BCUT2D eigenvalue weighted by Crippen LogP contribution is -2.27. The topological polar surface area (TPSA) is 98.7 Å². The number of hydrogen-bond acceptors (Lipinski definition) is 6. The smallest absolute Gasteiger partial charge is 0.255 e. The van der Waals surface area contributed by atoms with Gasteiger partial charge in [0.05, 0.1) is 26.9 Å². The molecule has 4 heterocycles. The molecule has 1 amide bonds. The summed E-state index contributed by atoms with van der Waals surface area (Å²) in [6.45, 7) is 3.44. The molecule has 0 saturated carbocycles. The van der Waals surface area contributed by atoms with Gasteiger partial charge in [-0.15, -0.1) is 11.3 Å². The number of hydrogen-bond donors (Lipinski definition) is 2. The number of amides is 1. The van der Waals surface area contributed by atoms with Crippen LogP contribution in [0.15, 0.2) is 23.6 Å². The first kappa shape index (κ1) is 19.5. The Kier molecular flexibility index (Phi) is 4.09. The number of carbonyl (C=O) groups is 1. The fourth-order valence-electron chi connectivity index (χ4n) is 3.72. The zero-order chi connectivity index (χ0) is 22.1. The highest BCUT2D eigenvalue weighted by molar-refractivity contribution is 7.17. The predicted molar refractivity (Wildman–Crippen MR) is 110 cm³/mol. The van der Waals surface area contributed by atoms with Crippen molar-refractivity contribution in [3.63, 3.8) is 0 Å². The average molecular weight is 444 g/mol. The van der Waals surface area contributed by atoms with Crippen LogP contribution in [-0.4, -0.2) is 25.7 Å². The number of nitrogens with two attached hydrogens (primary N) is 1. The molecule has 0 saturated heterocycles. The molecule has 3 aromatic heterocycles. The summed E-state index contributed by atoms with van der Waals surface area (Å²) in [5.41, 5.74) is 6.27. The van der Waals surface area contributed by atoms with Crippen molar-refractivity contribution >= 4 is 39.1 Å². The van der Waals surface area contributed by atoms with E-state index in [4.69, 9.17) is 5.73 Å². The largest absolute Gasteiger partial charge is 0.383 e. The average Bonchev–Trinajstić information content (AvgIpc) is 3.36. The molecular weight excluding hydrogens is 429 g/mol. The van der Waals surface area contributed by atoms with Crippen LogP contribution in [0.5, 0.6) is 0 Å². The molecule has 31 heavy (non-hydrogen) atoms. The van der Waals surface area contributed by atoms with Crippen molar-refractivity contribution < 1.29 is 18.0 Å². The number of aromatic nitrogens is 4. The molecule has 4 aromatic rings. The highest BCUT2D eigenvalue weighted by Gasteiger charge is 2.42. The second-order valence-corrected chi connectivity index (χ2v) is 8.62. The van der Waals surface area contributed by atoms with E-state index in [1.165, 1.54) is 16.0 Å². The molecule has 0 aliphatic carbocycles. The first-order valence-electron chi connectivity index (χ1n) is 9.25. The third-order valence-corrected chi connectivity index (χ3v) is 6.33. The van der Waals surface area contributed by atoms with Gasteiger partial charge in [0.25, 0.3) is 5.95 Å². The van der Waals surface area contributed by atoms with Gasteiger partial charge in [-0.3, -0.25) is 4.79 Å². The quantitative estimate of drug-likeness (QED) is 0.470. The molecule has 7 nitrogen and oxygen atoms in total. The van der Waals surface area contributed by atoms with Gasteiger partial charge in [0.1, 0.15) is 17.5 Å². The maximum Gasteiger partial charge on any atom is 0.255 e. The van der Waals surface area contributed by atoms with Gasteiger partial charge in [-0.25, -0.2) is 13.2 Å². The van der Waals surface area contributed by atoms with E-state index in [2.05, 4.69) is 20.4 Å². The van der Waals surface area contributed by atoms with Gasteiger partial charge in [-0.2, -0.15) is 19.7 Å². The summed E-state index contributed by atoms with van der Waals surface area (Å²) in [5.74, 6) is -2.97. The number of halogens is 3. The number of nitrogens with zero attached hydrogens (tertiary/aromatic N) is 4. The molecule has 0 bridgehead atoms. The second-order valence-electron chi connectivity index (χ2n) is 7.70. The fourth-order valence-corrected chi connectivity index (χ4v) is 4.57. The highest BCUT2D eigenvalue weighted by Crippen LogP contribution is 2.40. The maximum atomic E-state index is 14.2. The number of fused-ring (bicyclic) bond motifs is 2. The lowest BCUT2D eigenvalue weighted by atomic mass is 9.87. The molecule has 0 radical (unpaired) electrons. The monoisotopic (exact) mass is 444 g/mol. The number of nitrogen functional groups attached to an aromatic ring is 1. The second kappa shape index (κ2) is 6.51. The summed E-state index contributed by atoms with van der Waals surface area (Å²) < 4.78 is 44.0. The van der Waals surface area contributed by atoms with E-state index in [-0.39, 0.29) is 24.1 Å². The standard InChI is InChI=1S/C20H15F3N6OS/c1-20(2)13-16(24)25-19(27-17(13)26-18(20)30)29-12-5-6-31-15(12)11(28-29)7-8-9(21)3-4-10(22)14(8)23/h3-6H,7H2,1-2H3,(H3,24,25,26,27,30). The minimum absolute atomic E-state index is 0.101. The molecule has 158 valence electrons. The molecule has 11 heteroatoms. The molecule has 0 atom stereocenters. The number of benzene rings is 1. The SMILES string of the molecule is CC1(C)C(=O)Nc2nc(-n3nc(Cc4c(F)ccc(F)c4F)c4sccc43)nc(N)c21. The third-order valence-electron chi connectivity index (χ3n) is 5.38. The Bertz CT molecular complexity index is 1390. The first-order chi connectivity index (χ1) is 14.7. The highest BCUT2D eigenvalue weighted by atomic mass is 32.1. The van der Waals surface area contributed by atoms with Crippen molar-refractivity contribution in [2.75, 3.05) is 11.1 Å². The van der Waals surface area contributed by atoms with E-state index < -0.39 is 28.4 Å². The predicted octanol–water partition coefficient (Wildman–Crippen LogP) is 3.70. The molecular formula is C20H15F3N6OS. The summed E-state index contributed by atoms with van der Waals surface area (Å²) in [6.07, 6.45) is -0.260. The number of thiophene rings is 1. The molecule has 1 aliphatic rings. The van der Waals surface area contributed by atoms with Crippen LogP contribution in [0.2, 0.25) is 0 Å². The van der Waals surface area contributed by atoms with Crippen LogP contribution in [0.1, 0.15) is 30.7 Å². The van der Waals surface area contributed by atoms with Crippen LogP contribution in [0.3, 0.4) is 0 Å². The number of nitrogens with one attached hydrogen (secondary N) is 1. The molecule has 3 N–H and O–H groups in total. The van der Waals surface area contributed by atoms with Gasteiger partial charge >= 0.3 is 0 Å². The van der Waals surface area contributed by atoms with Crippen LogP contribution in [-0.2, 0) is 16.6 Å². The van der Waals surface area contributed by atoms with Crippen LogP contribution >= 0.6 is 11.3 Å². The van der Waals surface area contributed by atoms with Gasteiger partial charge in [0.2, 0.25) is 5.91 Å². The summed E-state index contributed by atoms with van der Waals surface area (Å²) in [6, 6.07) is 3.37. The Labute approximate surface area is 177 Å². The summed E-state index contributed by atoms with van der Waals surface area (Å²) in [4.78, 5) is 21.0. The molecule has 1 aromatic carbocycles. The van der Waals surface area contributed by atoms with Crippen LogP contribution in [0.25, 0.3) is 16.2 Å². The summed E-state index contributed by atoms with van der Waals surface area (Å²) >= 11 is 1.32. The normalized spacial score (nSPS) is 14.8. The lowest BCUT2D eigenvalue weighted by Gasteiger charge is -2.16. The number of rotatable bonds is 3. The minimum atomic E-state index is -1.25. The zero-order valence-corrected chi connectivity index (χ0v) is 17.1. The Morgan fingerprint density at radius 2 is 1.90 bits per heavy atom. The molecule has 5 rings (SSSR count). The Morgan fingerprint density at radius 3 is 2.68 bits per heavy atom. The number of carbonyl (C=O) groups excluding carboxylic acids is 1. The van der Waals surface area contributed by atoms with Crippen molar-refractivity contribution in [1.82, 2.24) is 19.7 Å². The van der Waals surface area contributed by atoms with Crippen molar-refractivity contribution in [2.24, 2.45) is 0 Å². The first-order valence-corrected chi connectivity index (χ1v) is 10.1. The van der Waals surface area contributed by atoms with E-state index in [0.29, 0.717) is 27.3 Å². The van der Waals surface area contributed by atoms with E-state index in [1.807, 2.05) is 0 Å². The minimum Gasteiger partial charge on any atom is -0.383 e. The van der Waals surface area contributed by atoms with Crippen molar-refractivity contribution in [1.29, 1.82) is 0 Å². The van der Waals surface area contributed by atoms with Gasteiger partial charge in [0.15, 0.2) is 11.6 Å². The van der Waals surface area contributed by atoms with Crippen LogP contribution in [0.4, 0.5) is 24.8 Å². The van der Waals surface area contributed by atoms with Gasteiger partial charge in [-0.1, -0.05) is 0 Å². The van der Waals surface area contributed by atoms with Gasteiger partial charge in [0, 0.05) is 12.0 Å². The van der Waals surface area contributed by atoms with Crippen molar-refractivity contribution in [3.8, 4) is 5.95 Å². The van der Waals surface area contributed by atoms with Crippen molar-refractivity contribution in [3.05, 3.63) is 57.9 Å².